The van der Waals surface area contributed by atoms with Gasteiger partial charge in [-0.2, -0.15) is 0 Å². The zero-order valence-corrected chi connectivity index (χ0v) is 14.6. The number of carbonyl (C=O) groups is 1. The van der Waals surface area contributed by atoms with Gasteiger partial charge in [-0.05, 0) is 41.5 Å². The molecule has 2 aromatic carbocycles. The predicted molar refractivity (Wildman–Crippen MR) is 95.7 cm³/mol. The Morgan fingerprint density at radius 1 is 0.923 bits per heavy atom. The second kappa shape index (κ2) is 7.31. The maximum absolute atomic E-state index is 13.4. The Morgan fingerprint density at radius 3 is 2.19 bits per heavy atom. The lowest BCUT2D eigenvalue weighted by Gasteiger charge is -2.13. The fraction of sp³-hybridized carbons (Fsp3) is 0.150. The highest BCUT2D eigenvalue weighted by Gasteiger charge is 2.19. The maximum Gasteiger partial charge on any atom is 0.209 e. The molecule has 0 bridgehead atoms. The first-order chi connectivity index (χ1) is 12.6. The molecule has 0 unspecified atom stereocenters. The molecule has 3 aromatic rings. The summed E-state index contributed by atoms with van der Waals surface area (Å²) in [4.78, 5) is 15.8. The van der Waals surface area contributed by atoms with Crippen molar-refractivity contribution in [1.29, 1.82) is 0 Å². The average molecular weight is 355 g/mol. The van der Waals surface area contributed by atoms with Gasteiger partial charge in [-0.1, -0.05) is 12.1 Å². The number of rotatable bonds is 6. The summed E-state index contributed by atoms with van der Waals surface area (Å²) in [5.41, 5.74) is 2.16. The molecule has 0 aliphatic carbocycles. The summed E-state index contributed by atoms with van der Waals surface area (Å²) >= 11 is 0. The van der Waals surface area contributed by atoms with Crippen LogP contribution in [0, 0.1) is 5.82 Å². The first-order valence-electron chi connectivity index (χ1n) is 7.86. The second-order valence-electron chi connectivity index (χ2n) is 5.56. The minimum absolute atomic E-state index is 0.244. The average Bonchev–Trinajstić information content (AvgIpc) is 3.16. The minimum Gasteiger partial charge on any atom is -0.493 e. The summed E-state index contributed by atoms with van der Waals surface area (Å²) in [6.45, 7) is 0. The number of ketones is 1. The van der Waals surface area contributed by atoms with Crippen molar-refractivity contribution in [2.75, 3.05) is 21.3 Å². The van der Waals surface area contributed by atoms with Crippen LogP contribution in [0.15, 0.2) is 48.7 Å². The van der Waals surface area contributed by atoms with E-state index in [1.807, 2.05) is 0 Å². The molecule has 0 spiro atoms. The van der Waals surface area contributed by atoms with E-state index in [1.165, 1.54) is 33.5 Å². The van der Waals surface area contributed by atoms with Crippen molar-refractivity contribution in [3.05, 3.63) is 65.7 Å². The normalized spacial score (nSPS) is 10.5. The lowest BCUT2D eigenvalue weighted by atomic mass is 10.0. The number of H-pyrrole nitrogens is 1. The molecule has 26 heavy (non-hydrogen) atoms. The molecule has 134 valence electrons. The zero-order chi connectivity index (χ0) is 18.7. The zero-order valence-electron chi connectivity index (χ0n) is 14.6. The van der Waals surface area contributed by atoms with Gasteiger partial charge in [0.05, 0.1) is 27.0 Å². The van der Waals surface area contributed by atoms with Gasteiger partial charge in [0, 0.05) is 11.8 Å². The molecular weight excluding hydrogens is 337 g/mol. The van der Waals surface area contributed by atoms with Gasteiger partial charge in [0.15, 0.2) is 11.5 Å². The highest BCUT2D eigenvalue weighted by atomic mass is 19.1. The Morgan fingerprint density at radius 2 is 1.62 bits per heavy atom. The lowest BCUT2D eigenvalue weighted by Crippen LogP contribution is -2.04. The number of hydrogen-bond donors (Lipinski definition) is 1. The lowest BCUT2D eigenvalue weighted by molar-refractivity contribution is 0.103. The van der Waals surface area contributed by atoms with Gasteiger partial charge in [-0.15, -0.1) is 0 Å². The summed E-state index contributed by atoms with van der Waals surface area (Å²) in [6, 6.07) is 11.0. The van der Waals surface area contributed by atoms with Crippen molar-refractivity contribution in [1.82, 2.24) is 4.98 Å². The highest BCUT2D eigenvalue weighted by molar-refractivity contribution is 6.09. The van der Waals surface area contributed by atoms with Crippen LogP contribution in [0.5, 0.6) is 17.2 Å². The molecule has 1 aromatic heterocycles. The van der Waals surface area contributed by atoms with Gasteiger partial charge in [0.2, 0.25) is 11.5 Å². The molecule has 0 radical (unpaired) electrons. The molecule has 1 N–H and O–H groups in total. The maximum atomic E-state index is 13.4. The van der Waals surface area contributed by atoms with Crippen LogP contribution in [0.2, 0.25) is 0 Å². The Kier molecular flexibility index (Phi) is 4.93. The van der Waals surface area contributed by atoms with E-state index in [4.69, 9.17) is 14.2 Å². The number of ether oxygens (including phenoxy) is 3. The molecule has 6 heteroatoms. The van der Waals surface area contributed by atoms with Gasteiger partial charge in [-0.3, -0.25) is 4.79 Å². The van der Waals surface area contributed by atoms with Crippen LogP contribution in [-0.2, 0) is 0 Å². The Hall–Kier alpha value is -3.28. The number of aromatic nitrogens is 1. The molecule has 0 fully saturated rings. The molecule has 0 saturated carbocycles. The topological polar surface area (TPSA) is 60.6 Å². The van der Waals surface area contributed by atoms with E-state index in [0.717, 1.165) is 5.56 Å². The van der Waals surface area contributed by atoms with Gasteiger partial charge >= 0.3 is 0 Å². The van der Waals surface area contributed by atoms with Crippen LogP contribution in [0.3, 0.4) is 0 Å². The van der Waals surface area contributed by atoms with E-state index >= 15 is 0 Å². The summed E-state index contributed by atoms with van der Waals surface area (Å²) in [5, 5.41) is 0. The van der Waals surface area contributed by atoms with E-state index < -0.39 is 0 Å². The molecule has 0 atom stereocenters. The largest absolute Gasteiger partial charge is 0.493 e. The number of benzene rings is 2. The van der Waals surface area contributed by atoms with Crippen molar-refractivity contribution < 1.29 is 23.4 Å². The summed E-state index contributed by atoms with van der Waals surface area (Å²) in [7, 11) is 4.47. The van der Waals surface area contributed by atoms with Crippen LogP contribution in [0.25, 0.3) is 11.1 Å². The van der Waals surface area contributed by atoms with Gasteiger partial charge in [0.25, 0.3) is 0 Å². The number of nitrogens with one attached hydrogen (secondary N) is 1. The molecule has 0 amide bonds. The van der Waals surface area contributed by atoms with E-state index in [2.05, 4.69) is 4.98 Å². The Labute approximate surface area is 150 Å². The van der Waals surface area contributed by atoms with E-state index in [1.54, 1.807) is 36.5 Å². The fourth-order valence-electron chi connectivity index (χ4n) is 2.73. The van der Waals surface area contributed by atoms with Gasteiger partial charge < -0.3 is 19.2 Å². The minimum atomic E-state index is -0.332. The SMILES string of the molecule is COc1cc(C(=O)c2cc(-c3cccc(F)c3)c[nH]2)cc(OC)c1OC. The molecule has 5 nitrogen and oxygen atoms in total. The summed E-state index contributed by atoms with van der Waals surface area (Å²) in [5.74, 6) is 0.630. The van der Waals surface area contributed by atoms with Crippen molar-refractivity contribution in [3.63, 3.8) is 0 Å². The van der Waals surface area contributed by atoms with Crippen LogP contribution < -0.4 is 14.2 Å². The molecule has 0 aliphatic heterocycles. The predicted octanol–water partition coefficient (Wildman–Crippen LogP) is 4.08. The van der Waals surface area contributed by atoms with Crippen LogP contribution >= 0.6 is 0 Å². The standard InChI is InChI=1S/C20H18FNO4/c1-24-17-9-13(10-18(25-2)20(17)26-3)19(23)16-8-14(11-22-16)12-5-4-6-15(21)7-12/h4-11,22H,1-3H3. The first-order valence-corrected chi connectivity index (χ1v) is 7.86. The van der Waals surface area contributed by atoms with Crippen molar-refractivity contribution in [2.45, 2.75) is 0 Å². The van der Waals surface area contributed by atoms with Crippen LogP contribution in [0.1, 0.15) is 16.1 Å². The Bertz CT molecular complexity index is 923. The summed E-state index contributed by atoms with van der Waals surface area (Å²) in [6.07, 6.45) is 1.67. The quantitative estimate of drug-likeness (QED) is 0.677. The molecule has 1 heterocycles. The fourth-order valence-corrected chi connectivity index (χ4v) is 2.73. The number of carbonyl (C=O) groups excluding carboxylic acids is 1. The number of methoxy groups -OCH3 is 3. The van der Waals surface area contributed by atoms with E-state index in [-0.39, 0.29) is 11.6 Å². The van der Waals surface area contributed by atoms with Crippen molar-refractivity contribution in [3.8, 4) is 28.4 Å². The van der Waals surface area contributed by atoms with Crippen LogP contribution in [0.4, 0.5) is 4.39 Å². The number of halogens is 1. The monoisotopic (exact) mass is 355 g/mol. The third kappa shape index (κ3) is 3.26. The molecule has 0 saturated heterocycles. The molecule has 3 rings (SSSR count). The van der Waals surface area contributed by atoms with Crippen molar-refractivity contribution in [2.24, 2.45) is 0 Å². The molecule has 0 aliphatic rings. The van der Waals surface area contributed by atoms with Crippen LogP contribution in [-0.4, -0.2) is 32.1 Å². The van der Waals surface area contributed by atoms with Gasteiger partial charge in [-0.25, -0.2) is 4.39 Å². The third-order valence-electron chi connectivity index (χ3n) is 4.01. The van der Waals surface area contributed by atoms with E-state index in [0.29, 0.717) is 34.1 Å². The highest BCUT2D eigenvalue weighted by Crippen LogP contribution is 2.38. The van der Waals surface area contributed by atoms with E-state index in [9.17, 15) is 9.18 Å². The molecular formula is C20H18FNO4. The smallest absolute Gasteiger partial charge is 0.209 e. The summed E-state index contributed by atoms with van der Waals surface area (Å²) < 4.78 is 29.2. The number of aromatic amines is 1. The Balaban J connectivity index is 1.98. The van der Waals surface area contributed by atoms with Crippen molar-refractivity contribution >= 4 is 5.78 Å². The number of hydrogen-bond acceptors (Lipinski definition) is 4. The second-order valence-corrected chi connectivity index (χ2v) is 5.56. The first kappa shape index (κ1) is 17.5. The van der Waals surface area contributed by atoms with Gasteiger partial charge in [0.1, 0.15) is 5.82 Å². The third-order valence-corrected chi connectivity index (χ3v) is 4.01.